The Morgan fingerprint density at radius 2 is 2.25 bits per heavy atom. The molecule has 0 bridgehead atoms. The summed E-state index contributed by atoms with van der Waals surface area (Å²) in [5, 5.41) is 15.0. The van der Waals surface area contributed by atoms with E-state index in [0.29, 0.717) is 17.8 Å². The molecule has 0 amide bonds. The summed E-state index contributed by atoms with van der Waals surface area (Å²) in [5.41, 5.74) is -1.44. The molecule has 1 aromatic heterocycles. The Morgan fingerprint density at radius 1 is 1.55 bits per heavy atom. The van der Waals surface area contributed by atoms with E-state index in [9.17, 15) is 9.59 Å². The van der Waals surface area contributed by atoms with Crippen LogP contribution in [0.2, 0.25) is 0 Å². The molecule has 1 heterocycles. The van der Waals surface area contributed by atoms with E-state index >= 15 is 0 Å². The first-order valence-corrected chi connectivity index (χ1v) is 6.69. The summed E-state index contributed by atoms with van der Waals surface area (Å²) in [6, 6.07) is 0. The standard InChI is InChI=1S/C11H11BN2O5S/c1-6-13-7(5-20-6)8(9(15)16)14-19-11(3-2-4-11)10(17)18-12/h5H,2-4H2,1H3,(H,15,16)/b14-8+. The predicted octanol–water partition coefficient (Wildman–Crippen LogP) is 0.806. The Morgan fingerprint density at radius 3 is 2.65 bits per heavy atom. The number of thiazole rings is 1. The number of oxime groups is 1. The van der Waals surface area contributed by atoms with E-state index in [1.54, 1.807) is 12.3 Å². The fourth-order valence-corrected chi connectivity index (χ4v) is 2.34. The number of hydrogen-bond acceptors (Lipinski definition) is 7. The van der Waals surface area contributed by atoms with Gasteiger partial charge < -0.3 is 14.6 Å². The maximum atomic E-state index is 11.5. The minimum absolute atomic E-state index is 0.190. The van der Waals surface area contributed by atoms with Gasteiger partial charge in [0.1, 0.15) is 5.69 Å². The van der Waals surface area contributed by atoms with Crippen LogP contribution in [0.15, 0.2) is 10.5 Å². The number of carbonyl (C=O) groups excluding carboxylic acids is 1. The number of aromatic nitrogens is 1. The van der Waals surface area contributed by atoms with Gasteiger partial charge in [-0.1, -0.05) is 5.16 Å². The van der Waals surface area contributed by atoms with Crippen LogP contribution in [0.5, 0.6) is 0 Å². The summed E-state index contributed by atoms with van der Waals surface area (Å²) in [5.74, 6) is -2.04. The number of hydrogen-bond donors (Lipinski definition) is 1. The predicted molar refractivity (Wildman–Crippen MR) is 70.5 cm³/mol. The lowest BCUT2D eigenvalue weighted by Gasteiger charge is -2.36. The zero-order valence-corrected chi connectivity index (χ0v) is 11.5. The van der Waals surface area contributed by atoms with Crippen molar-refractivity contribution in [2.45, 2.75) is 31.8 Å². The molecule has 2 radical (unpaired) electrons. The highest BCUT2D eigenvalue weighted by Crippen LogP contribution is 2.37. The van der Waals surface area contributed by atoms with Gasteiger partial charge in [0.25, 0.3) is 0 Å². The summed E-state index contributed by atoms with van der Waals surface area (Å²) in [6.07, 6.45) is 1.52. The van der Waals surface area contributed by atoms with Gasteiger partial charge in [-0.3, -0.25) is 0 Å². The molecule has 7 nitrogen and oxygen atoms in total. The third-order valence-corrected chi connectivity index (χ3v) is 3.79. The van der Waals surface area contributed by atoms with Gasteiger partial charge >= 0.3 is 20.0 Å². The van der Waals surface area contributed by atoms with Crippen molar-refractivity contribution in [2.75, 3.05) is 0 Å². The van der Waals surface area contributed by atoms with Crippen LogP contribution in [-0.4, -0.2) is 41.4 Å². The fourth-order valence-electron chi connectivity index (χ4n) is 1.74. The highest BCUT2D eigenvalue weighted by atomic mass is 32.1. The maximum Gasteiger partial charge on any atom is 0.378 e. The van der Waals surface area contributed by atoms with Crippen molar-refractivity contribution in [2.24, 2.45) is 5.16 Å². The largest absolute Gasteiger partial charge is 0.540 e. The van der Waals surface area contributed by atoms with E-state index in [4.69, 9.17) is 18.0 Å². The summed E-state index contributed by atoms with van der Waals surface area (Å²) < 4.78 is 4.17. The zero-order chi connectivity index (χ0) is 14.8. The molecule has 0 spiro atoms. The average Bonchev–Trinajstić information content (AvgIpc) is 2.77. The van der Waals surface area contributed by atoms with Crippen LogP contribution in [0.25, 0.3) is 0 Å². The van der Waals surface area contributed by atoms with Crippen LogP contribution in [0.4, 0.5) is 0 Å². The highest BCUT2D eigenvalue weighted by Gasteiger charge is 2.48. The number of aryl methyl sites for hydroxylation is 1. The Bertz CT molecular complexity index is 567. The Balaban J connectivity index is 2.22. The van der Waals surface area contributed by atoms with Crippen molar-refractivity contribution in [3.05, 3.63) is 16.1 Å². The van der Waals surface area contributed by atoms with Gasteiger partial charge in [0.05, 0.1) is 5.01 Å². The Labute approximate surface area is 120 Å². The minimum atomic E-state index is -1.29. The van der Waals surface area contributed by atoms with Gasteiger partial charge in [0.2, 0.25) is 11.3 Å². The van der Waals surface area contributed by atoms with Crippen molar-refractivity contribution >= 4 is 37.0 Å². The molecule has 0 unspecified atom stereocenters. The van der Waals surface area contributed by atoms with Gasteiger partial charge in [-0.2, -0.15) is 0 Å². The van der Waals surface area contributed by atoms with Gasteiger partial charge in [-0.15, -0.1) is 11.3 Å². The second-order valence-electron chi connectivity index (χ2n) is 4.34. The molecule has 1 aliphatic rings. The molecule has 0 atom stereocenters. The molecule has 1 N–H and O–H groups in total. The highest BCUT2D eigenvalue weighted by molar-refractivity contribution is 7.09. The first kappa shape index (κ1) is 14.5. The molecule has 0 aliphatic heterocycles. The molecule has 0 saturated heterocycles. The van der Waals surface area contributed by atoms with E-state index in [1.165, 1.54) is 11.3 Å². The Kier molecular flexibility index (Phi) is 4.08. The Hall–Kier alpha value is -1.90. The summed E-state index contributed by atoms with van der Waals surface area (Å²) in [4.78, 5) is 31.9. The van der Waals surface area contributed by atoms with Crippen LogP contribution in [0.3, 0.4) is 0 Å². The maximum absolute atomic E-state index is 11.5. The number of aliphatic carboxylic acids is 1. The molecule has 1 aromatic rings. The van der Waals surface area contributed by atoms with Gasteiger partial charge in [-0.25, -0.2) is 14.6 Å². The minimum Gasteiger partial charge on any atom is -0.540 e. The molecular weight excluding hydrogens is 283 g/mol. The number of rotatable bonds is 5. The van der Waals surface area contributed by atoms with Crippen molar-refractivity contribution in [3.63, 3.8) is 0 Å². The summed E-state index contributed by atoms with van der Waals surface area (Å²) in [6.45, 7) is 1.74. The van der Waals surface area contributed by atoms with E-state index in [-0.39, 0.29) is 11.4 Å². The van der Waals surface area contributed by atoms with Crippen molar-refractivity contribution in [1.82, 2.24) is 4.98 Å². The number of carboxylic acid groups (broad SMARTS) is 1. The molecule has 2 rings (SSSR count). The van der Waals surface area contributed by atoms with Crippen LogP contribution in [0, 0.1) is 6.92 Å². The molecule has 104 valence electrons. The monoisotopic (exact) mass is 294 g/mol. The normalized spacial score (nSPS) is 17.1. The molecule has 0 aromatic carbocycles. The van der Waals surface area contributed by atoms with Crippen LogP contribution >= 0.6 is 11.3 Å². The number of nitrogens with zero attached hydrogens (tertiary/aromatic N) is 2. The number of carbonyl (C=O) groups is 2. The summed E-state index contributed by atoms with van der Waals surface area (Å²) >= 11 is 1.29. The zero-order valence-electron chi connectivity index (χ0n) is 10.7. The molecule has 1 fully saturated rings. The van der Waals surface area contributed by atoms with Crippen LogP contribution in [0.1, 0.15) is 30.0 Å². The van der Waals surface area contributed by atoms with Crippen molar-refractivity contribution in [1.29, 1.82) is 0 Å². The molecular formula is C11H11BN2O5S. The first-order chi connectivity index (χ1) is 9.48. The molecule has 1 aliphatic carbocycles. The lowest BCUT2D eigenvalue weighted by atomic mass is 9.80. The smallest absolute Gasteiger partial charge is 0.378 e. The lowest BCUT2D eigenvalue weighted by Crippen LogP contribution is -2.48. The average molecular weight is 294 g/mol. The van der Waals surface area contributed by atoms with Gasteiger partial charge in [-0.05, 0) is 13.3 Å². The second-order valence-corrected chi connectivity index (χ2v) is 5.40. The SMILES string of the molecule is [B]OC(=O)C1(O/N=C(/C(=O)O)c2csc(C)n2)CCC1. The third kappa shape index (κ3) is 2.67. The van der Waals surface area contributed by atoms with E-state index in [1.807, 2.05) is 0 Å². The molecule has 20 heavy (non-hydrogen) atoms. The van der Waals surface area contributed by atoms with E-state index < -0.39 is 17.5 Å². The first-order valence-electron chi connectivity index (χ1n) is 5.81. The second kappa shape index (κ2) is 5.62. The van der Waals surface area contributed by atoms with Crippen molar-refractivity contribution < 1.29 is 24.2 Å². The molecule has 9 heteroatoms. The van der Waals surface area contributed by atoms with E-state index in [0.717, 1.165) is 6.42 Å². The fraction of sp³-hybridized carbons (Fsp3) is 0.455. The third-order valence-electron chi connectivity index (χ3n) is 3.02. The van der Waals surface area contributed by atoms with E-state index in [2.05, 4.69) is 14.8 Å². The number of carboxylic acids is 1. The topological polar surface area (TPSA) is 98.1 Å². The lowest BCUT2D eigenvalue weighted by molar-refractivity contribution is -0.175. The quantitative estimate of drug-likeness (QED) is 0.490. The summed E-state index contributed by atoms with van der Waals surface area (Å²) in [7, 11) is 4.84. The van der Waals surface area contributed by atoms with Crippen LogP contribution < -0.4 is 0 Å². The van der Waals surface area contributed by atoms with Gasteiger partial charge in [0.15, 0.2) is 0 Å². The van der Waals surface area contributed by atoms with Crippen LogP contribution in [-0.2, 0) is 19.1 Å². The van der Waals surface area contributed by atoms with Gasteiger partial charge in [0, 0.05) is 18.2 Å². The molecule has 1 saturated carbocycles. The van der Waals surface area contributed by atoms with Crippen molar-refractivity contribution in [3.8, 4) is 0 Å².